The van der Waals surface area contributed by atoms with E-state index in [0.717, 1.165) is 23.6 Å². The second-order valence-corrected chi connectivity index (χ2v) is 6.35. The number of carbonyl (C=O) groups is 1. The Bertz CT molecular complexity index is 402. The van der Waals surface area contributed by atoms with Crippen molar-refractivity contribution in [3.05, 3.63) is 21.3 Å². The topological polar surface area (TPSA) is 26.3 Å². The summed E-state index contributed by atoms with van der Waals surface area (Å²) in [7, 11) is 1.47. The Labute approximate surface area is 111 Å². The van der Waals surface area contributed by atoms with Gasteiger partial charge < -0.3 is 4.74 Å². The average Bonchev–Trinajstić information content (AvgIpc) is 2.98. The first kappa shape index (κ1) is 12.9. The van der Waals surface area contributed by atoms with Gasteiger partial charge in [-0.25, -0.2) is 0 Å². The van der Waals surface area contributed by atoms with E-state index in [9.17, 15) is 4.79 Å². The lowest BCUT2D eigenvalue weighted by Gasteiger charge is -2.12. The van der Waals surface area contributed by atoms with Crippen LogP contribution < -0.4 is 0 Å². The molecule has 0 N–H and O–H groups in total. The third-order valence-electron chi connectivity index (χ3n) is 3.50. The summed E-state index contributed by atoms with van der Waals surface area (Å²) < 4.78 is 5.62. The van der Waals surface area contributed by atoms with Crippen molar-refractivity contribution in [3.63, 3.8) is 0 Å². The molecule has 1 aliphatic rings. The van der Waals surface area contributed by atoms with Crippen LogP contribution in [0.1, 0.15) is 37.0 Å². The maximum absolute atomic E-state index is 11.4. The molecule has 0 radical (unpaired) electrons. The van der Waals surface area contributed by atoms with Crippen molar-refractivity contribution in [2.24, 2.45) is 11.8 Å². The van der Waals surface area contributed by atoms with E-state index in [0.29, 0.717) is 11.8 Å². The summed E-state index contributed by atoms with van der Waals surface area (Å²) >= 11 is 7.61. The molecule has 1 heterocycles. The van der Waals surface area contributed by atoms with Gasteiger partial charge in [0.05, 0.1) is 17.4 Å². The Balaban J connectivity index is 1.92. The third-order valence-corrected chi connectivity index (χ3v) is 4.90. The highest BCUT2D eigenvalue weighted by Crippen LogP contribution is 2.47. The fraction of sp³-hybridized carbons (Fsp3) is 0.615. The Morgan fingerprint density at radius 3 is 2.94 bits per heavy atom. The molecule has 0 saturated heterocycles. The van der Waals surface area contributed by atoms with Crippen LogP contribution in [0, 0.1) is 11.8 Å². The SMILES string of the molecule is CCC(CC1CC1C(=O)OC)c1ccc(Cl)s1. The molecule has 94 valence electrons. The molecule has 1 aromatic rings. The number of hydrogen-bond donors (Lipinski definition) is 0. The van der Waals surface area contributed by atoms with Gasteiger partial charge in [-0.15, -0.1) is 11.3 Å². The number of rotatable bonds is 5. The van der Waals surface area contributed by atoms with Crippen molar-refractivity contribution < 1.29 is 9.53 Å². The highest BCUT2D eigenvalue weighted by molar-refractivity contribution is 7.16. The number of esters is 1. The molecule has 3 atom stereocenters. The Hall–Kier alpha value is -0.540. The summed E-state index contributed by atoms with van der Waals surface area (Å²) in [5, 5.41) is 0. The summed E-state index contributed by atoms with van der Waals surface area (Å²) in [4.78, 5) is 12.7. The molecule has 2 rings (SSSR count). The van der Waals surface area contributed by atoms with Crippen molar-refractivity contribution in [3.8, 4) is 0 Å². The monoisotopic (exact) mass is 272 g/mol. The largest absolute Gasteiger partial charge is 0.469 e. The van der Waals surface area contributed by atoms with Crippen molar-refractivity contribution >= 4 is 28.9 Å². The van der Waals surface area contributed by atoms with Crippen LogP contribution in [0.15, 0.2) is 12.1 Å². The lowest BCUT2D eigenvalue weighted by atomic mass is 9.97. The molecule has 0 bridgehead atoms. The van der Waals surface area contributed by atoms with E-state index in [1.165, 1.54) is 12.0 Å². The normalized spacial score (nSPS) is 24.4. The Kier molecular flexibility index (Phi) is 4.10. The molecule has 2 nitrogen and oxygen atoms in total. The fourth-order valence-corrected chi connectivity index (χ4v) is 3.60. The van der Waals surface area contributed by atoms with E-state index >= 15 is 0 Å². The van der Waals surface area contributed by atoms with Crippen LogP contribution >= 0.6 is 22.9 Å². The summed E-state index contributed by atoms with van der Waals surface area (Å²) in [6.45, 7) is 2.19. The highest BCUT2D eigenvalue weighted by Gasteiger charge is 2.44. The number of ether oxygens (including phenoxy) is 1. The molecule has 1 aliphatic carbocycles. The third kappa shape index (κ3) is 3.02. The first-order valence-electron chi connectivity index (χ1n) is 5.98. The molecule has 0 spiro atoms. The summed E-state index contributed by atoms with van der Waals surface area (Å²) in [6.07, 6.45) is 3.16. The van der Waals surface area contributed by atoms with Crippen molar-refractivity contribution in [2.45, 2.75) is 32.1 Å². The van der Waals surface area contributed by atoms with Crippen molar-refractivity contribution in [2.75, 3.05) is 7.11 Å². The van der Waals surface area contributed by atoms with E-state index < -0.39 is 0 Å². The Morgan fingerprint density at radius 1 is 1.65 bits per heavy atom. The van der Waals surface area contributed by atoms with Crippen LogP contribution in [0.3, 0.4) is 0 Å². The molecular formula is C13H17ClO2S. The standard InChI is InChI=1S/C13H17ClO2S/c1-3-8(11-4-5-12(14)17-11)6-9-7-10(9)13(15)16-2/h4-5,8-10H,3,6-7H2,1-2H3. The summed E-state index contributed by atoms with van der Waals surface area (Å²) in [5.41, 5.74) is 0. The first-order valence-corrected chi connectivity index (χ1v) is 7.18. The van der Waals surface area contributed by atoms with E-state index in [-0.39, 0.29) is 11.9 Å². The lowest BCUT2D eigenvalue weighted by Crippen LogP contribution is -2.06. The zero-order valence-corrected chi connectivity index (χ0v) is 11.7. The van der Waals surface area contributed by atoms with Crippen LogP contribution in [-0.4, -0.2) is 13.1 Å². The van der Waals surface area contributed by atoms with Gasteiger partial charge in [0.1, 0.15) is 0 Å². The smallest absolute Gasteiger partial charge is 0.308 e. The minimum atomic E-state index is -0.0472. The van der Waals surface area contributed by atoms with E-state index in [1.54, 1.807) is 11.3 Å². The molecule has 0 aromatic carbocycles. The number of carbonyl (C=O) groups excluding carboxylic acids is 1. The zero-order valence-electron chi connectivity index (χ0n) is 10.1. The predicted molar refractivity (Wildman–Crippen MR) is 70.6 cm³/mol. The maximum Gasteiger partial charge on any atom is 0.308 e. The van der Waals surface area contributed by atoms with Gasteiger partial charge in [0, 0.05) is 4.88 Å². The lowest BCUT2D eigenvalue weighted by molar-refractivity contribution is -0.142. The van der Waals surface area contributed by atoms with Crippen molar-refractivity contribution in [1.29, 1.82) is 0 Å². The number of thiophene rings is 1. The van der Waals surface area contributed by atoms with Crippen LogP contribution in [0.2, 0.25) is 4.34 Å². The minimum Gasteiger partial charge on any atom is -0.469 e. The molecule has 4 heteroatoms. The zero-order chi connectivity index (χ0) is 12.4. The van der Waals surface area contributed by atoms with Gasteiger partial charge in [-0.3, -0.25) is 4.79 Å². The number of methoxy groups -OCH3 is 1. The molecular weight excluding hydrogens is 256 g/mol. The van der Waals surface area contributed by atoms with E-state index in [2.05, 4.69) is 13.0 Å². The summed E-state index contributed by atoms with van der Waals surface area (Å²) in [6, 6.07) is 4.06. The molecule has 0 aliphatic heterocycles. The van der Waals surface area contributed by atoms with Gasteiger partial charge in [0.15, 0.2) is 0 Å². The first-order chi connectivity index (χ1) is 8.15. The fourth-order valence-electron chi connectivity index (χ4n) is 2.35. The van der Waals surface area contributed by atoms with Gasteiger partial charge in [-0.1, -0.05) is 18.5 Å². The second kappa shape index (κ2) is 5.40. The minimum absolute atomic E-state index is 0.0472. The van der Waals surface area contributed by atoms with Gasteiger partial charge in [-0.2, -0.15) is 0 Å². The quantitative estimate of drug-likeness (QED) is 0.755. The van der Waals surface area contributed by atoms with Crippen LogP contribution in [0.25, 0.3) is 0 Å². The second-order valence-electron chi connectivity index (χ2n) is 4.61. The molecule has 0 amide bonds. The number of hydrogen-bond acceptors (Lipinski definition) is 3. The van der Waals surface area contributed by atoms with Gasteiger partial charge in [0.2, 0.25) is 0 Å². The maximum atomic E-state index is 11.4. The van der Waals surface area contributed by atoms with Gasteiger partial charge in [0.25, 0.3) is 0 Å². The van der Waals surface area contributed by atoms with Crippen molar-refractivity contribution in [1.82, 2.24) is 0 Å². The number of halogens is 1. The van der Waals surface area contributed by atoms with Crippen LogP contribution in [0.4, 0.5) is 0 Å². The predicted octanol–water partition coefficient (Wildman–Crippen LogP) is 4.09. The van der Waals surface area contributed by atoms with Gasteiger partial charge in [-0.05, 0) is 43.2 Å². The van der Waals surface area contributed by atoms with E-state index in [1.807, 2.05) is 6.07 Å². The van der Waals surface area contributed by atoms with Crippen LogP contribution in [-0.2, 0) is 9.53 Å². The summed E-state index contributed by atoms with van der Waals surface area (Å²) in [5.74, 6) is 1.14. The average molecular weight is 273 g/mol. The van der Waals surface area contributed by atoms with Crippen LogP contribution in [0.5, 0.6) is 0 Å². The molecule has 1 fully saturated rings. The molecule has 1 saturated carbocycles. The Morgan fingerprint density at radius 2 is 2.41 bits per heavy atom. The van der Waals surface area contributed by atoms with Gasteiger partial charge >= 0.3 is 5.97 Å². The van der Waals surface area contributed by atoms with E-state index in [4.69, 9.17) is 16.3 Å². The highest BCUT2D eigenvalue weighted by atomic mass is 35.5. The molecule has 17 heavy (non-hydrogen) atoms. The molecule has 3 unspecified atom stereocenters. The molecule has 1 aromatic heterocycles.